The zero-order valence-electron chi connectivity index (χ0n) is 16.6. The first kappa shape index (κ1) is 20.0. The van der Waals surface area contributed by atoms with Crippen LogP contribution in [-0.2, 0) is 12.0 Å². The number of rotatable bonds is 7. The van der Waals surface area contributed by atoms with E-state index >= 15 is 0 Å². The van der Waals surface area contributed by atoms with Crippen LogP contribution >= 0.6 is 0 Å². The SMILES string of the molecule is CCC[C@@H](C)NC(=O)c1ccc(COc2ccc(C(C)(C)C)cc2)cc1. The van der Waals surface area contributed by atoms with Crippen LogP contribution in [0.3, 0.4) is 0 Å². The fourth-order valence-electron chi connectivity index (χ4n) is 2.78. The van der Waals surface area contributed by atoms with Gasteiger partial charge in [0.1, 0.15) is 12.4 Å². The van der Waals surface area contributed by atoms with E-state index in [-0.39, 0.29) is 17.4 Å². The molecule has 3 nitrogen and oxygen atoms in total. The number of carbonyl (C=O) groups excluding carboxylic acids is 1. The quantitative estimate of drug-likeness (QED) is 0.715. The van der Waals surface area contributed by atoms with Gasteiger partial charge in [-0.1, -0.05) is 58.4 Å². The molecule has 0 radical (unpaired) electrons. The van der Waals surface area contributed by atoms with Gasteiger partial charge in [0.2, 0.25) is 0 Å². The lowest BCUT2D eigenvalue weighted by atomic mass is 9.87. The molecule has 0 aliphatic carbocycles. The summed E-state index contributed by atoms with van der Waals surface area (Å²) in [5.74, 6) is 0.837. The lowest BCUT2D eigenvalue weighted by molar-refractivity contribution is 0.0938. The number of amides is 1. The summed E-state index contributed by atoms with van der Waals surface area (Å²) in [6.07, 6.45) is 2.06. The van der Waals surface area contributed by atoms with Crippen LogP contribution in [0.5, 0.6) is 5.75 Å². The van der Waals surface area contributed by atoms with Crippen LogP contribution in [-0.4, -0.2) is 11.9 Å². The highest BCUT2D eigenvalue weighted by Gasteiger charge is 2.13. The van der Waals surface area contributed by atoms with E-state index in [1.54, 1.807) is 0 Å². The fourth-order valence-corrected chi connectivity index (χ4v) is 2.78. The molecule has 1 N–H and O–H groups in total. The van der Waals surface area contributed by atoms with Crippen LogP contribution < -0.4 is 10.1 Å². The van der Waals surface area contributed by atoms with Crippen molar-refractivity contribution in [2.45, 2.75) is 65.5 Å². The Morgan fingerprint density at radius 3 is 2.19 bits per heavy atom. The van der Waals surface area contributed by atoms with Gasteiger partial charge in [-0.05, 0) is 54.2 Å². The van der Waals surface area contributed by atoms with Crippen molar-refractivity contribution in [2.75, 3.05) is 0 Å². The number of benzene rings is 2. The highest BCUT2D eigenvalue weighted by atomic mass is 16.5. The summed E-state index contributed by atoms with van der Waals surface area (Å²) in [5, 5.41) is 3.02. The molecule has 0 aliphatic rings. The molecule has 0 aromatic heterocycles. The van der Waals surface area contributed by atoms with Crippen LogP contribution in [0, 0.1) is 0 Å². The van der Waals surface area contributed by atoms with Gasteiger partial charge in [0.05, 0.1) is 0 Å². The average molecular weight is 354 g/mol. The van der Waals surface area contributed by atoms with E-state index in [1.807, 2.05) is 43.3 Å². The van der Waals surface area contributed by atoms with Gasteiger partial charge in [0.15, 0.2) is 0 Å². The molecule has 0 saturated carbocycles. The van der Waals surface area contributed by atoms with Gasteiger partial charge in [0.25, 0.3) is 5.91 Å². The number of hydrogen-bond acceptors (Lipinski definition) is 2. The number of carbonyl (C=O) groups is 1. The summed E-state index contributed by atoms with van der Waals surface area (Å²) < 4.78 is 5.86. The van der Waals surface area contributed by atoms with E-state index in [0.717, 1.165) is 24.2 Å². The summed E-state index contributed by atoms with van der Waals surface area (Å²) in [6.45, 7) is 11.2. The van der Waals surface area contributed by atoms with Gasteiger partial charge in [-0.25, -0.2) is 0 Å². The smallest absolute Gasteiger partial charge is 0.251 e. The molecule has 0 heterocycles. The molecule has 0 aliphatic heterocycles. The molecule has 0 bridgehead atoms. The van der Waals surface area contributed by atoms with E-state index in [4.69, 9.17) is 4.74 Å². The Kier molecular flexibility index (Phi) is 6.84. The Hall–Kier alpha value is -2.29. The molecule has 140 valence electrons. The third-order valence-corrected chi connectivity index (χ3v) is 4.44. The zero-order valence-corrected chi connectivity index (χ0v) is 16.6. The normalized spacial score (nSPS) is 12.5. The second-order valence-corrected chi connectivity index (χ2v) is 7.92. The summed E-state index contributed by atoms with van der Waals surface area (Å²) in [5.41, 5.74) is 3.16. The van der Waals surface area contributed by atoms with Crippen LogP contribution in [0.25, 0.3) is 0 Å². The first-order valence-corrected chi connectivity index (χ1v) is 9.42. The molecule has 2 rings (SSSR count). The van der Waals surface area contributed by atoms with Gasteiger partial charge in [-0.15, -0.1) is 0 Å². The molecule has 3 heteroatoms. The first-order chi connectivity index (χ1) is 12.3. The Labute approximate surface area is 157 Å². The maximum Gasteiger partial charge on any atom is 0.251 e. The third-order valence-electron chi connectivity index (χ3n) is 4.44. The van der Waals surface area contributed by atoms with Gasteiger partial charge < -0.3 is 10.1 Å². The molecule has 0 saturated heterocycles. The summed E-state index contributed by atoms with van der Waals surface area (Å²) >= 11 is 0. The summed E-state index contributed by atoms with van der Waals surface area (Å²) in [6, 6.07) is 16.1. The highest BCUT2D eigenvalue weighted by molar-refractivity contribution is 5.94. The summed E-state index contributed by atoms with van der Waals surface area (Å²) in [7, 11) is 0. The molecule has 2 aromatic rings. The van der Waals surface area contributed by atoms with Crippen LogP contribution in [0.15, 0.2) is 48.5 Å². The maximum absolute atomic E-state index is 12.2. The van der Waals surface area contributed by atoms with Crippen molar-refractivity contribution < 1.29 is 9.53 Å². The highest BCUT2D eigenvalue weighted by Crippen LogP contribution is 2.24. The Morgan fingerprint density at radius 2 is 1.65 bits per heavy atom. The minimum Gasteiger partial charge on any atom is -0.489 e. The lowest BCUT2D eigenvalue weighted by Crippen LogP contribution is -2.32. The first-order valence-electron chi connectivity index (χ1n) is 9.42. The average Bonchev–Trinajstić information content (AvgIpc) is 2.60. The third kappa shape index (κ3) is 5.91. The second-order valence-electron chi connectivity index (χ2n) is 7.92. The molecule has 0 unspecified atom stereocenters. The number of hydrogen-bond donors (Lipinski definition) is 1. The molecule has 1 amide bonds. The van der Waals surface area contributed by atoms with Crippen LogP contribution in [0.4, 0.5) is 0 Å². The molecular weight excluding hydrogens is 322 g/mol. The van der Waals surface area contributed by atoms with Gasteiger partial charge in [-0.2, -0.15) is 0 Å². The Bertz CT molecular complexity index is 696. The van der Waals surface area contributed by atoms with Crippen LogP contribution in [0.1, 0.15) is 68.9 Å². The van der Waals surface area contributed by atoms with Crippen molar-refractivity contribution in [3.8, 4) is 5.75 Å². The summed E-state index contributed by atoms with van der Waals surface area (Å²) in [4.78, 5) is 12.2. The second kappa shape index (κ2) is 8.88. The predicted molar refractivity (Wildman–Crippen MR) is 108 cm³/mol. The predicted octanol–water partition coefficient (Wildman–Crippen LogP) is 5.48. The lowest BCUT2D eigenvalue weighted by Gasteiger charge is -2.19. The standard InChI is InChI=1S/C23H31NO2/c1-6-7-17(2)24-22(25)19-10-8-18(9-11-19)16-26-21-14-12-20(13-15-21)23(3,4)5/h8-15,17H,6-7,16H2,1-5H3,(H,24,25)/t17-/m1/s1. The van der Waals surface area contributed by atoms with Crippen molar-refractivity contribution in [1.29, 1.82) is 0 Å². The largest absolute Gasteiger partial charge is 0.489 e. The topological polar surface area (TPSA) is 38.3 Å². The van der Waals surface area contributed by atoms with E-state index in [9.17, 15) is 4.79 Å². The zero-order chi connectivity index (χ0) is 19.2. The van der Waals surface area contributed by atoms with Gasteiger partial charge >= 0.3 is 0 Å². The Morgan fingerprint density at radius 1 is 1.04 bits per heavy atom. The monoisotopic (exact) mass is 353 g/mol. The minimum absolute atomic E-state index is 0.0174. The molecule has 2 aromatic carbocycles. The van der Waals surface area contributed by atoms with Crippen molar-refractivity contribution in [2.24, 2.45) is 0 Å². The van der Waals surface area contributed by atoms with Crippen molar-refractivity contribution in [3.05, 3.63) is 65.2 Å². The Balaban J connectivity index is 1.90. The molecular formula is C23H31NO2. The van der Waals surface area contributed by atoms with E-state index in [1.165, 1.54) is 5.56 Å². The van der Waals surface area contributed by atoms with E-state index < -0.39 is 0 Å². The molecule has 26 heavy (non-hydrogen) atoms. The van der Waals surface area contributed by atoms with Crippen LogP contribution in [0.2, 0.25) is 0 Å². The maximum atomic E-state index is 12.2. The minimum atomic E-state index is -0.0174. The van der Waals surface area contributed by atoms with Gasteiger partial charge in [-0.3, -0.25) is 4.79 Å². The number of ether oxygens (including phenoxy) is 1. The molecule has 0 fully saturated rings. The van der Waals surface area contributed by atoms with Crippen molar-refractivity contribution in [3.63, 3.8) is 0 Å². The van der Waals surface area contributed by atoms with Gasteiger partial charge in [0, 0.05) is 11.6 Å². The molecule has 1 atom stereocenters. The van der Waals surface area contributed by atoms with Crippen molar-refractivity contribution in [1.82, 2.24) is 5.32 Å². The number of nitrogens with one attached hydrogen (secondary N) is 1. The van der Waals surface area contributed by atoms with Crippen molar-refractivity contribution >= 4 is 5.91 Å². The molecule has 0 spiro atoms. The van der Waals surface area contributed by atoms with E-state index in [2.05, 4.69) is 45.1 Å². The fraction of sp³-hybridized carbons (Fsp3) is 0.435. The van der Waals surface area contributed by atoms with E-state index in [0.29, 0.717) is 12.2 Å².